The van der Waals surface area contributed by atoms with E-state index in [9.17, 15) is 0 Å². The highest BCUT2D eigenvalue weighted by Crippen LogP contribution is 2.34. The zero-order valence-corrected chi connectivity index (χ0v) is 12.2. The molecule has 100 valence electrons. The normalized spacial score (nSPS) is 33.2. The second kappa shape index (κ2) is 7.07. The number of hydrogen-bond donors (Lipinski definition) is 0. The Hall–Kier alpha value is 0.360. The van der Waals surface area contributed by atoms with Crippen LogP contribution in [0.25, 0.3) is 0 Å². The molecular weight excluding hydrogens is 284 g/mol. The predicted octanol–water partition coefficient (Wildman–Crippen LogP) is 2.76. The highest BCUT2D eigenvalue weighted by atomic mass is 79.9. The van der Waals surface area contributed by atoms with Crippen molar-refractivity contribution in [2.75, 3.05) is 26.9 Å². The van der Waals surface area contributed by atoms with Crippen LogP contribution >= 0.6 is 15.9 Å². The number of alkyl halides is 1. The molecular formula is C13H23BrO3. The van der Waals surface area contributed by atoms with E-state index in [1.54, 1.807) is 7.11 Å². The van der Waals surface area contributed by atoms with Gasteiger partial charge >= 0.3 is 0 Å². The van der Waals surface area contributed by atoms with Gasteiger partial charge in [0.05, 0.1) is 25.4 Å². The van der Waals surface area contributed by atoms with Crippen LogP contribution in [-0.4, -0.2) is 44.0 Å². The first-order valence-corrected chi connectivity index (χ1v) is 7.59. The van der Waals surface area contributed by atoms with Crippen molar-refractivity contribution >= 4 is 15.9 Å². The van der Waals surface area contributed by atoms with Crippen molar-refractivity contribution in [3.8, 4) is 0 Å². The number of hydrogen-bond acceptors (Lipinski definition) is 3. The third-order valence-corrected chi connectivity index (χ3v) is 4.76. The number of methoxy groups -OCH3 is 1. The Morgan fingerprint density at radius 2 is 1.94 bits per heavy atom. The van der Waals surface area contributed by atoms with Crippen LogP contribution in [0.15, 0.2) is 0 Å². The maximum Gasteiger partial charge on any atom is 0.0963 e. The first-order valence-electron chi connectivity index (χ1n) is 6.67. The minimum absolute atomic E-state index is 0.214. The van der Waals surface area contributed by atoms with Crippen LogP contribution in [0.3, 0.4) is 0 Å². The van der Waals surface area contributed by atoms with E-state index >= 15 is 0 Å². The van der Waals surface area contributed by atoms with Gasteiger partial charge in [0.1, 0.15) is 0 Å². The van der Waals surface area contributed by atoms with Crippen LogP contribution in [0.5, 0.6) is 0 Å². The Balaban J connectivity index is 1.55. The fraction of sp³-hybridized carbons (Fsp3) is 1.00. The summed E-state index contributed by atoms with van der Waals surface area (Å²) >= 11 is 3.62. The fourth-order valence-electron chi connectivity index (χ4n) is 2.34. The van der Waals surface area contributed by atoms with Gasteiger partial charge in [-0.2, -0.15) is 0 Å². The van der Waals surface area contributed by atoms with Gasteiger partial charge in [-0.3, -0.25) is 0 Å². The van der Waals surface area contributed by atoms with E-state index in [1.807, 2.05) is 0 Å². The molecule has 3 unspecified atom stereocenters. The highest BCUT2D eigenvalue weighted by molar-refractivity contribution is 9.09. The van der Waals surface area contributed by atoms with Gasteiger partial charge < -0.3 is 14.2 Å². The van der Waals surface area contributed by atoms with Crippen LogP contribution in [-0.2, 0) is 14.2 Å². The van der Waals surface area contributed by atoms with Crippen LogP contribution in [0.4, 0.5) is 0 Å². The van der Waals surface area contributed by atoms with Crippen molar-refractivity contribution in [1.82, 2.24) is 0 Å². The SMILES string of the molecule is COCCOC1C(Br)CC1OCCC1CCC1. The smallest absolute Gasteiger partial charge is 0.0963 e. The predicted molar refractivity (Wildman–Crippen MR) is 70.6 cm³/mol. The molecule has 17 heavy (non-hydrogen) atoms. The second-order valence-electron chi connectivity index (χ2n) is 5.07. The minimum atomic E-state index is 0.214. The summed E-state index contributed by atoms with van der Waals surface area (Å²) in [4.78, 5) is 0.452. The van der Waals surface area contributed by atoms with Crippen molar-refractivity contribution < 1.29 is 14.2 Å². The van der Waals surface area contributed by atoms with Crippen LogP contribution in [0.1, 0.15) is 32.1 Å². The molecule has 2 fully saturated rings. The summed E-state index contributed by atoms with van der Waals surface area (Å²) < 4.78 is 16.6. The molecule has 2 saturated carbocycles. The molecule has 0 bridgehead atoms. The van der Waals surface area contributed by atoms with Crippen molar-refractivity contribution in [3.63, 3.8) is 0 Å². The lowest BCUT2D eigenvalue weighted by Crippen LogP contribution is -2.51. The molecule has 2 aliphatic carbocycles. The third-order valence-electron chi connectivity index (χ3n) is 3.86. The van der Waals surface area contributed by atoms with E-state index in [2.05, 4.69) is 15.9 Å². The first kappa shape index (κ1) is 13.8. The lowest BCUT2D eigenvalue weighted by Gasteiger charge is -2.41. The van der Waals surface area contributed by atoms with Gasteiger partial charge in [-0.1, -0.05) is 35.2 Å². The molecule has 0 spiro atoms. The van der Waals surface area contributed by atoms with Gasteiger partial charge in [0.2, 0.25) is 0 Å². The van der Waals surface area contributed by atoms with Crippen LogP contribution in [0.2, 0.25) is 0 Å². The Morgan fingerprint density at radius 1 is 1.12 bits per heavy atom. The molecule has 0 radical (unpaired) electrons. The van der Waals surface area contributed by atoms with Crippen molar-refractivity contribution in [1.29, 1.82) is 0 Å². The van der Waals surface area contributed by atoms with E-state index < -0.39 is 0 Å². The summed E-state index contributed by atoms with van der Waals surface area (Å²) in [5.41, 5.74) is 0. The fourth-order valence-corrected chi connectivity index (χ4v) is 3.20. The summed E-state index contributed by atoms with van der Waals surface area (Å²) in [6.07, 6.45) is 7.03. The zero-order chi connectivity index (χ0) is 12.1. The quantitative estimate of drug-likeness (QED) is 0.510. The summed E-state index contributed by atoms with van der Waals surface area (Å²) in [6, 6.07) is 0. The van der Waals surface area contributed by atoms with E-state index in [1.165, 1.54) is 25.7 Å². The molecule has 0 amide bonds. The van der Waals surface area contributed by atoms with Crippen molar-refractivity contribution in [2.45, 2.75) is 49.1 Å². The van der Waals surface area contributed by atoms with Crippen LogP contribution in [0, 0.1) is 5.92 Å². The Labute approximate surface area is 112 Å². The number of rotatable bonds is 8. The van der Waals surface area contributed by atoms with E-state index in [0.29, 0.717) is 18.0 Å². The molecule has 2 aliphatic rings. The molecule has 3 atom stereocenters. The minimum Gasteiger partial charge on any atom is -0.382 e. The summed E-state index contributed by atoms with van der Waals surface area (Å²) in [6.45, 7) is 2.22. The Bertz CT molecular complexity index is 221. The lowest BCUT2D eigenvalue weighted by atomic mass is 9.83. The first-order chi connectivity index (χ1) is 8.31. The van der Waals surface area contributed by atoms with Gasteiger partial charge in [0.15, 0.2) is 0 Å². The van der Waals surface area contributed by atoms with Gasteiger partial charge in [-0.25, -0.2) is 0 Å². The molecule has 0 heterocycles. The number of halogens is 1. The third kappa shape index (κ3) is 3.91. The van der Waals surface area contributed by atoms with Crippen LogP contribution < -0.4 is 0 Å². The maximum atomic E-state index is 5.90. The topological polar surface area (TPSA) is 27.7 Å². The summed E-state index contributed by atoms with van der Waals surface area (Å²) in [7, 11) is 1.70. The lowest BCUT2D eigenvalue weighted by molar-refractivity contribution is -0.129. The molecule has 0 aromatic rings. The number of ether oxygens (including phenoxy) is 3. The van der Waals surface area contributed by atoms with Gasteiger partial charge in [0, 0.05) is 18.5 Å². The Morgan fingerprint density at radius 3 is 2.53 bits per heavy atom. The van der Waals surface area contributed by atoms with Gasteiger partial charge in [-0.05, 0) is 18.8 Å². The average Bonchev–Trinajstić information content (AvgIpc) is 2.26. The van der Waals surface area contributed by atoms with Gasteiger partial charge in [-0.15, -0.1) is 0 Å². The molecule has 4 heteroatoms. The maximum absolute atomic E-state index is 5.90. The standard InChI is InChI=1S/C13H23BrO3/c1-15-7-8-17-13-11(14)9-12(13)16-6-5-10-3-2-4-10/h10-13H,2-9H2,1H3. The molecule has 0 saturated heterocycles. The van der Waals surface area contributed by atoms with E-state index in [0.717, 1.165) is 18.9 Å². The highest BCUT2D eigenvalue weighted by Gasteiger charge is 2.41. The molecule has 0 aromatic heterocycles. The monoisotopic (exact) mass is 306 g/mol. The molecule has 0 N–H and O–H groups in total. The Kier molecular flexibility index (Phi) is 5.74. The van der Waals surface area contributed by atoms with E-state index in [4.69, 9.17) is 14.2 Å². The molecule has 0 aliphatic heterocycles. The van der Waals surface area contributed by atoms with Crippen molar-refractivity contribution in [2.24, 2.45) is 5.92 Å². The molecule has 0 aromatic carbocycles. The second-order valence-corrected chi connectivity index (χ2v) is 6.25. The van der Waals surface area contributed by atoms with Crippen molar-refractivity contribution in [3.05, 3.63) is 0 Å². The molecule has 3 nitrogen and oxygen atoms in total. The summed E-state index contributed by atoms with van der Waals surface area (Å²) in [5.74, 6) is 0.933. The summed E-state index contributed by atoms with van der Waals surface area (Å²) in [5, 5.41) is 0. The zero-order valence-electron chi connectivity index (χ0n) is 10.6. The van der Waals surface area contributed by atoms with E-state index in [-0.39, 0.29) is 12.2 Å². The average molecular weight is 307 g/mol. The largest absolute Gasteiger partial charge is 0.382 e. The molecule has 2 rings (SSSR count). The van der Waals surface area contributed by atoms with Gasteiger partial charge in [0.25, 0.3) is 0 Å².